The molecule has 2 aromatic rings. The molecular weight excluding hydrogens is 524 g/mol. The number of methoxy groups -OCH3 is 1. The van der Waals surface area contributed by atoms with Crippen LogP contribution in [0.2, 0.25) is 0 Å². The Morgan fingerprint density at radius 1 is 1.15 bits per heavy atom. The van der Waals surface area contributed by atoms with Gasteiger partial charge in [0.15, 0.2) is 9.84 Å². The van der Waals surface area contributed by atoms with Gasteiger partial charge in [0.05, 0.1) is 28.0 Å². The van der Waals surface area contributed by atoms with Gasteiger partial charge in [-0.05, 0) is 121 Å². The highest BCUT2D eigenvalue weighted by molar-refractivity contribution is 7.92. The van der Waals surface area contributed by atoms with Crippen molar-refractivity contribution in [3.63, 3.8) is 0 Å². The Balaban J connectivity index is 1.27. The van der Waals surface area contributed by atoms with Gasteiger partial charge in [-0.15, -0.1) is 0 Å². The van der Waals surface area contributed by atoms with Gasteiger partial charge in [0.25, 0.3) is 0 Å². The van der Waals surface area contributed by atoms with Crippen LogP contribution in [0.5, 0.6) is 0 Å². The van der Waals surface area contributed by atoms with E-state index in [9.17, 15) is 13.5 Å². The summed E-state index contributed by atoms with van der Waals surface area (Å²) in [5.74, 6) is 0.727. The molecule has 8 nitrogen and oxygen atoms in total. The number of hydrogen-bond acceptors (Lipinski definition) is 8. The number of aromatic nitrogens is 2. The number of aryl methyl sites for hydroxylation is 1. The predicted octanol–water partition coefficient (Wildman–Crippen LogP) is 5.51. The first-order chi connectivity index (χ1) is 18.9. The van der Waals surface area contributed by atoms with Crippen molar-refractivity contribution in [1.82, 2.24) is 14.9 Å². The number of sulfone groups is 1. The minimum absolute atomic E-state index is 0.206. The van der Waals surface area contributed by atoms with Crippen molar-refractivity contribution in [2.75, 3.05) is 25.5 Å². The standard InChI is InChI=1S/C31H46N4O4S/c1-21(2)35-14-12-31(13-15-35)17-26(18-31)40(37,38)25-6-7-27(22(3)16-25)33-29-32-19-24(20-39-5)28(34-29)23-8-10-30(4,36)11-9-23/h6-7,16,19,21,23,26,36H,8-15,17-18,20H2,1-5H3,(H,32,33,34). The highest BCUT2D eigenvalue weighted by Crippen LogP contribution is 2.53. The molecule has 0 atom stereocenters. The van der Waals surface area contributed by atoms with Crippen LogP contribution in [0.25, 0.3) is 0 Å². The summed E-state index contributed by atoms with van der Waals surface area (Å²) in [5.41, 5.74) is 3.16. The first kappa shape index (κ1) is 29.4. The molecule has 5 rings (SSSR count). The van der Waals surface area contributed by atoms with E-state index >= 15 is 0 Å². The van der Waals surface area contributed by atoms with Gasteiger partial charge in [-0.2, -0.15) is 0 Å². The number of rotatable bonds is 8. The van der Waals surface area contributed by atoms with E-state index in [0.717, 1.165) is 87.0 Å². The monoisotopic (exact) mass is 570 g/mol. The van der Waals surface area contributed by atoms with Crippen LogP contribution in [0.4, 0.5) is 11.6 Å². The molecule has 2 heterocycles. The zero-order valence-electron chi connectivity index (χ0n) is 24.7. The number of aliphatic hydroxyl groups is 1. The van der Waals surface area contributed by atoms with Crippen molar-refractivity contribution in [2.24, 2.45) is 5.41 Å². The molecule has 1 spiro atoms. The van der Waals surface area contributed by atoms with E-state index in [2.05, 4.69) is 29.0 Å². The van der Waals surface area contributed by atoms with Crippen LogP contribution in [0.3, 0.4) is 0 Å². The average Bonchev–Trinajstić information content (AvgIpc) is 2.89. The summed E-state index contributed by atoms with van der Waals surface area (Å²) in [6.07, 6.45) is 8.79. The molecule has 3 aliphatic rings. The second kappa shape index (κ2) is 11.3. The quantitative estimate of drug-likeness (QED) is 0.428. The lowest BCUT2D eigenvalue weighted by Gasteiger charge is -2.52. The van der Waals surface area contributed by atoms with Crippen molar-refractivity contribution < 1.29 is 18.3 Å². The van der Waals surface area contributed by atoms with E-state index in [1.165, 1.54) is 0 Å². The van der Waals surface area contributed by atoms with E-state index in [1.807, 2.05) is 26.1 Å². The zero-order chi connectivity index (χ0) is 28.7. The third-order valence-electron chi connectivity index (χ3n) is 9.77. The summed E-state index contributed by atoms with van der Waals surface area (Å²) < 4.78 is 32.4. The summed E-state index contributed by atoms with van der Waals surface area (Å²) in [6, 6.07) is 5.90. The molecule has 1 aromatic carbocycles. The van der Waals surface area contributed by atoms with Crippen molar-refractivity contribution in [1.29, 1.82) is 0 Å². The molecule has 2 N–H and O–H groups in total. The number of nitrogens with one attached hydrogen (secondary N) is 1. The lowest BCUT2D eigenvalue weighted by molar-refractivity contribution is 0.0166. The Bertz CT molecular complexity index is 1300. The van der Waals surface area contributed by atoms with Crippen molar-refractivity contribution in [3.8, 4) is 0 Å². The van der Waals surface area contributed by atoms with E-state index in [0.29, 0.717) is 23.5 Å². The Morgan fingerprint density at radius 2 is 1.82 bits per heavy atom. The first-order valence-corrected chi connectivity index (χ1v) is 16.4. The minimum atomic E-state index is -3.37. The molecule has 9 heteroatoms. The molecule has 3 fully saturated rings. The fraction of sp³-hybridized carbons (Fsp3) is 0.677. The number of benzene rings is 1. The molecule has 220 valence electrons. The molecule has 0 unspecified atom stereocenters. The fourth-order valence-corrected chi connectivity index (χ4v) is 9.06. The van der Waals surface area contributed by atoms with Crippen LogP contribution >= 0.6 is 0 Å². The minimum Gasteiger partial charge on any atom is -0.390 e. The van der Waals surface area contributed by atoms with Gasteiger partial charge >= 0.3 is 0 Å². The second-order valence-corrected chi connectivity index (χ2v) is 15.3. The maximum Gasteiger partial charge on any atom is 0.227 e. The van der Waals surface area contributed by atoms with Crippen molar-refractivity contribution in [2.45, 2.75) is 113 Å². The van der Waals surface area contributed by atoms with Gasteiger partial charge in [-0.25, -0.2) is 18.4 Å². The SMILES string of the molecule is COCc1cnc(Nc2ccc(S(=O)(=O)C3CC4(CCN(C(C)C)CC4)C3)cc2C)nc1C1CCC(C)(O)CC1. The van der Waals surface area contributed by atoms with Gasteiger partial charge in [-0.3, -0.25) is 0 Å². The number of likely N-dealkylation sites (tertiary alicyclic amines) is 1. The second-order valence-electron chi connectivity index (χ2n) is 13.1. The highest BCUT2D eigenvalue weighted by atomic mass is 32.2. The van der Waals surface area contributed by atoms with Crippen LogP contribution in [0, 0.1) is 12.3 Å². The number of nitrogens with zero attached hydrogens (tertiary/aromatic N) is 3. The van der Waals surface area contributed by atoms with Crippen LogP contribution in [-0.2, 0) is 21.2 Å². The number of hydrogen-bond donors (Lipinski definition) is 2. The van der Waals surface area contributed by atoms with Gasteiger partial charge < -0.3 is 20.1 Å². The normalized spacial score (nSPS) is 25.7. The molecule has 2 saturated carbocycles. The lowest BCUT2D eigenvalue weighted by atomic mass is 9.63. The number of anilines is 2. The molecule has 1 aromatic heterocycles. The summed E-state index contributed by atoms with van der Waals surface area (Å²) in [5, 5.41) is 13.4. The van der Waals surface area contributed by atoms with Crippen molar-refractivity contribution >= 4 is 21.5 Å². The maximum absolute atomic E-state index is 13.5. The molecular formula is C31H46N4O4S. The van der Waals surface area contributed by atoms with Crippen LogP contribution in [-0.4, -0.2) is 65.5 Å². The molecule has 0 amide bonds. The van der Waals surface area contributed by atoms with E-state index in [4.69, 9.17) is 9.72 Å². The Kier molecular flexibility index (Phi) is 8.32. The van der Waals surface area contributed by atoms with Crippen LogP contribution < -0.4 is 5.32 Å². The van der Waals surface area contributed by atoms with Crippen molar-refractivity contribution in [3.05, 3.63) is 41.2 Å². The van der Waals surface area contributed by atoms with E-state index < -0.39 is 15.4 Å². The molecule has 40 heavy (non-hydrogen) atoms. The smallest absolute Gasteiger partial charge is 0.227 e. The van der Waals surface area contributed by atoms with Gasteiger partial charge in [0, 0.05) is 36.5 Å². The molecule has 2 aliphatic carbocycles. The Labute approximate surface area is 239 Å². The Hall–Kier alpha value is -2.07. The summed E-state index contributed by atoms with van der Waals surface area (Å²) in [7, 11) is -1.70. The largest absolute Gasteiger partial charge is 0.390 e. The molecule has 0 radical (unpaired) electrons. The average molecular weight is 571 g/mol. The molecule has 1 aliphatic heterocycles. The summed E-state index contributed by atoms with van der Waals surface area (Å²) >= 11 is 0. The zero-order valence-corrected chi connectivity index (χ0v) is 25.6. The van der Waals surface area contributed by atoms with Crippen LogP contribution in [0.1, 0.15) is 94.9 Å². The topological polar surface area (TPSA) is 105 Å². The van der Waals surface area contributed by atoms with Gasteiger partial charge in [0.1, 0.15) is 0 Å². The third kappa shape index (κ3) is 6.08. The summed E-state index contributed by atoms with van der Waals surface area (Å²) in [4.78, 5) is 12.3. The van der Waals surface area contributed by atoms with Crippen LogP contribution in [0.15, 0.2) is 29.3 Å². The number of ether oxygens (including phenoxy) is 1. The lowest BCUT2D eigenvalue weighted by Crippen LogP contribution is -2.52. The summed E-state index contributed by atoms with van der Waals surface area (Å²) in [6.45, 7) is 10.9. The fourth-order valence-electron chi connectivity index (χ4n) is 6.93. The third-order valence-corrected chi connectivity index (χ3v) is 11.9. The molecule has 0 bridgehead atoms. The van der Waals surface area contributed by atoms with E-state index in [-0.39, 0.29) is 16.6 Å². The Morgan fingerprint density at radius 3 is 2.42 bits per heavy atom. The first-order valence-electron chi connectivity index (χ1n) is 14.8. The van der Waals surface area contributed by atoms with Gasteiger partial charge in [-0.1, -0.05) is 0 Å². The maximum atomic E-state index is 13.5. The van der Waals surface area contributed by atoms with Gasteiger partial charge in [0.2, 0.25) is 5.95 Å². The highest BCUT2D eigenvalue weighted by Gasteiger charge is 2.51. The number of piperidine rings is 1. The predicted molar refractivity (Wildman–Crippen MR) is 158 cm³/mol. The molecule has 1 saturated heterocycles. The van der Waals surface area contributed by atoms with E-state index in [1.54, 1.807) is 19.2 Å².